The van der Waals surface area contributed by atoms with Crippen LogP contribution in [0.1, 0.15) is 37.6 Å². The third-order valence-corrected chi connectivity index (χ3v) is 5.04. The molecular formula is C13H19N7OS. The fourth-order valence-corrected chi connectivity index (χ4v) is 3.47. The summed E-state index contributed by atoms with van der Waals surface area (Å²) < 4.78 is 1.76. The van der Waals surface area contributed by atoms with Gasteiger partial charge in [0.05, 0.1) is 0 Å². The van der Waals surface area contributed by atoms with E-state index in [1.54, 1.807) is 11.0 Å². The summed E-state index contributed by atoms with van der Waals surface area (Å²) in [5, 5.41) is 23.6. The number of anilines is 1. The summed E-state index contributed by atoms with van der Waals surface area (Å²) in [7, 11) is 0. The summed E-state index contributed by atoms with van der Waals surface area (Å²) in [5.41, 5.74) is 0. The van der Waals surface area contributed by atoms with Gasteiger partial charge < -0.3 is 5.32 Å². The fourth-order valence-electron chi connectivity index (χ4n) is 2.79. The number of aryl methyl sites for hydroxylation is 1. The minimum atomic E-state index is 0.0686. The first-order valence-corrected chi connectivity index (χ1v) is 8.40. The van der Waals surface area contributed by atoms with Crippen molar-refractivity contribution in [1.29, 1.82) is 0 Å². The third-order valence-electron chi connectivity index (χ3n) is 4.05. The van der Waals surface area contributed by atoms with Gasteiger partial charge in [0.25, 0.3) is 0 Å². The molecule has 1 N–H and O–H groups in total. The molecule has 0 aliphatic heterocycles. The molecule has 22 heavy (non-hydrogen) atoms. The molecule has 0 radical (unpaired) electrons. The smallest absolute Gasteiger partial charge is 0.229 e. The van der Waals surface area contributed by atoms with E-state index in [1.165, 1.54) is 11.3 Å². The van der Waals surface area contributed by atoms with Crippen molar-refractivity contribution in [1.82, 2.24) is 30.4 Å². The standard InChI is InChI=1S/C13H19N7OS/c1-2-11-16-17-13(22-11)15-12(21)10-5-3-9(4-6-10)7-20-8-14-18-19-20/h8-10H,2-7H2,1H3,(H,15,17,21). The van der Waals surface area contributed by atoms with Crippen molar-refractivity contribution in [3.63, 3.8) is 0 Å². The highest BCUT2D eigenvalue weighted by atomic mass is 32.1. The molecule has 3 rings (SSSR count). The average molecular weight is 321 g/mol. The Morgan fingerprint density at radius 2 is 2.18 bits per heavy atom. The maximum Gasteiger partial charge on any atom is 0.229 e. The number of amides is 1. The van der Waals surface area contributed by atoms with Crippen molar-refractivity contribution in [2.24, 2.45) is 11.8 Å². The topological polar surface area (TPSA) is 98.5 Å². The summed E-state index contributed by atoms with van der Waals surface area (Å²) in [6.07, 6.45) is 6.33. The van der Waals surface area contributed by atoms with Gasteiger partial charge in [0.1, 0.15) is 11.3 Å². The molecule has 118 valence electrons. The van der Waals surface area contributed by atoms with Gasteiger partial charge in [-0.1, -0.05) is 18.3 Å². The largest absolute Gasteiger partial charge is 0.300 e. The quantitative estimate of drug-likeness (QED) is 0.896. The molecular weight excluding hydrogens is 302 g/mol. The number of rotatable bonds is 5. The Hall–Kier alpha value is -1.90. The molecule has 1 amide bonds. The van der Waals surface area contributed by atoms with Crippen molar-refractivity contribution in [3.8, 4) is 0 Å². The molecule has 2 aromatic rings. The maximum absolute atomic E-state index is 12.3. The molecule has 1 aliphatic carbocycles. The van der Waals surface area contributed by atoms with Gasteiger partial charge in [-0.25, -0.2) is 4.68 Å². The van der Waals surface area contributed by atoms with E-state index in [0.717, 1.165) is 43.7 Å². The van der Waals surface area contributed by atoms with E-state index in [9.17, 15) is 4.79 Å². The predicted molar refractivity (Wildman–Crippen MR) is 81.2 cm³/mol. The van der Waals surface area contributed by atoms with E-state index < -0.39 is 0 Å². The lowest BCUT2D eigenvalue weighted by atomic mass is 9.81. The first kappa shape index (κ1) is 15.0. The monoisotopic (exact) mass is 321 g/mol. The zero-order chi connectivity index (χ0) is 15.4. The number of aromatic nitrogens is 6. The van der Waals surface area contributed by atoms with Crippen LogP contribution in [0.5, 0.6) is 0 Å². The Bertz CT molecular complexity index is 604. The first-order chi connectivity index (χ1) is 10.7. The van der Waals surface area contributed by atoms with Crippen LogP contribution in [0, 0.1) is 11.8 Å². The first-order valence-electron chi connectivity index (χ1n) is 7.58. The third kappa shape index (κ3) is 3.65. The van der Waals surface area contributed by atoms with E-state index in [1.807, 2.05) is 6.92 Å². The highest BCUT2D eigenvalue weighted by Gasteiger charge is 2.27. The van der Waals surface area contributed by atoms with E-state index in [-0.39, 0.29) is 11.8 Å². The molecule has 0 atom stereocenters. The van der Waals surface area contributed by atoms with Crippen molar-refractivity contribution >= 4 is 22.4 Å². The van der Waals surface area contributed by atoms with Crippen LogP contribution in [0.4, 0.5) is 5.13 Å². The molecule has 8 nitrogen and oxygen atoms in total. The van der Waals surface area contributed by atoms with Gasteiger partial charge in [0.15, 0.2) is 0 Å². The van der Waals surface area contributed by atoms with Crippen LogP contribution in [-0.4, -0.2) is 36.3 Å². The maximum atomic E-state index is 12.3. The van der Waals surface area contributed by atoms with Crippen molar-refractivity contribution < 1.29 is 4.79 Å². The molecule has 1 fully saturated rings. The number of nitrogens with zero attached hydrogens (tertiary/aromatic N) is 6. The van der Waals surface area contributed by atoms with E-state index in [0.29, 0.717) is 11.0 Å². The lowest BCUT2D eigenvalue weighted by molar-refractivity contribution is -0.121. The van der Waals surface area contributed by atoms with Gasteiger partial charge in [-0.15, -0.1) is 15.3 Å². The molecule has 0 unspecified atom stereocenters. The number of hydrogen-bond acceptors (Lipinski definition) is 7. The summed E-state index contributed by atoms with van der Waals surface area (Å²) in [4.78, 5) is 12.3. The molecule has 0 bridgehead atoms. The molecule has 0 spiro atoms. The lowest BCUT2D eigenvalue weighted by Gasteiger charge is -2.27. The van der Waals surface area contributed by atoms with Crippen molar-refractivity contribution in [3.05, 3.63) is 11.3 Å². The van der Waals surface area contributed by atoms with Crippen LogP contribution in [0.2, 0.25) is 0 Å². The van der Waals surface area contributed by atoms with Crippen LogP contribution in [0.25, 0.3) is 0 Å². The Labute approximate surface area is 132 Å². The van der Waals surface area contributed by atoms with Gasteiger partial charge in [-0.05, 0) is 48.4 Å². The van der Waals surface area contributed by atoms with Gasteiger partial charge in [-0.2, -0.15) is 0 Å². The Morgan fingerprint density at radius 1 is 1.36 bits per heavy atom. The van der Waals surface area contributed by atoms with Crippen LogP contribution in [-0.2, 0) is 17.8 Å². The van der Waals surface area contributed by atoms with Crippen LogP contribution in [0.3, 0.4) is 0 Å². The highest BCUT2D eigenvalue weighted by Crippen LogP contribution is 2.30. The number of nitrogens with one attached hydrogen (secondary N) is 1. The summed E-state index contributed by atoms with van der Waals surface area (Å²) in [6.45, 7) is 2.86. The molecule has 1 saturated carbocycles. The fraction of sp³-hybridized carbons (Fsp3) is 0.692. The second-order valence-electron chi connectivity index (χ2n) is 5.59. The van der Waals surface area contributed by atoms with Crippen LogP contribution in [0.15, 0.2) is 6.33 Å². The molecule has 1 aliphatic rings. The van der Waals surface area contributed by atoms with Gasteiger partial charge in [0.2, 0.25) is 11.0 Å². The van der Waals surface area contributed by atoms with Gasteiger partial charge >= 0.3 is 0 Å². The van der Waals surface area contributed by atoms with Crippen molar-refractivity contribution in [2.45, 2.75) is 45.6 Å². The second-order valence-corrected chi connectivity index (χ2v) is 6.66. The average Bonchev–Trinajstić information content (AvgIpc) is 3.19. The summed E-state index contributed by atoms with van der Waals surface area (Å²) in [6, 6.07) is 0. The Kier molecular flexibility index (Phi) is 4.71. The number of tetrazole rings is 1. The number of carbonyl (C=O) groups is 1. The Morgan fingerprint density at radius 3 is 2.82 bits per heavy atom. The van der Waals surface area contributed by atoms with E-state index in [4.69, 9.17) is 0 Å². The minimum absolute atomic E-state index is 0.0686. The van der Waals surface area contributed by atoms with Gasteiger partial charge in [0, 0.05) is 12.5 Å². The van der Waals surface area contributed by atoms with Gasteiger partial charge in [-0.3, -0.25) is 4.79 Å². The SMILES string of the molecule is CCc1nnc(NC(=O)C2CCC(Cn3cnnn3)CC2)s1. The summed E-state index contributed by atoms with van der Waals surface area (Å²) >= 11 is 1.45. The van der Waals surface area contributed by atoms with E-state index in [2.05, 4.69) is 31.0 Å². The minimum Gasteiger partial charge on any atom is -0.300 e. The van der Waals surface area contributed by atoms with Crippen LogP contribution < -0.4 is 5.32 Å². The van der Waals surface area contributed by atoms with E-state index >= 15 is 0 Å². The molecule has 0 saturated heterocycles. The van der Waals surface area contributed by atoms with Crippen LogP contribution >= 0.6 is 11.3 Å². The Balaban J connectivity index is 1.47. The molecule has 0 aromatic carbocycles. The zero-order valence-electron chi connectivity index (χ0n) is 12.5. The summed E-state index contributed by atoms with van der Waals surface area (Å²) in [5.74, 6) is 0.680. The normalized spacial score (nSPS) is 21.7. The predicted octanol–water partition coefficient (Wildman–Crippen LogP) is 1.53. The molecule has 9 heteroatoms. The highest BCUT2D eigenvalue weighted by molar-refractivity contribution is 7.15. The zero-order valence-corrected chi connectivity index (χ0v) is 13.3. The number of hydrogen-bond donors (Lipinski definition) is 1. The molecule has 2 aromatic heterocycles. The van der Waals surface area contributed by atoms with Crippen molar-refractivity contribution in [2.75, 3.05) is 5.32 Å². The second kappa shape index (κ2) is 6.91. The lowest BCUT2D eigenvalue weighted by Crippen LogP contribution is -2.28. The molecule has 2 heterocycles. The number of carbonyl (C=O) groups excluding carboxylic acids is 1.